The van der Waals surface area contributed by atoms with E-state index in [1.807, 2.05) is 6.07 Å². The molecule has 0 saturated carbocycles. The van der Waals surface area contributed by atoms with E-state index in [0.29, 0.717) is 12.0 Å². The summed E-state index contributed by atoms with van der Waals surface area (Å²) in [5.74, 6) is 0.463. The molecule has 0 bridgehead atoms. The lowest BCUT2D eigenvalue weighted by atomic mass is 9.93. The molecule has 18 heavy (non-hydrogen) atoms. The average molecular weight is 267 g/mol. The minimum Gasteiger partial charge on any atom is -0.364 e. The molecule has 1 aromatic rings. The average Bonchev–Trinajstić information content (AvgIpc) is 2.34. The van der Waals surface area contributed by atoms with Crippen LogP contribution in [0.15, 0.2) is 23.6 Å². The van der Waals surface area contributed by atoms with Gasteiger partial charge in [-0.15, -0.1) is 0 Å². The van der Waals surface area contributed by atoms with E-state index in [2.05, 4.69) is 42.8 Å². The third-order valence-electron chi connectivity index (χ3n) is 3.40. The number of hydrogen-bond donors (Lipinski definition) is 0. The Kier molecular flexibility index (Phi) is 4.59. The van der Waals surface area contributed by atoms with Crippen molar-refractivity contribution in [2.75, 3.05) is 14.1 Å². The van der Waals surface area contributed by atoms with Gasteiger partial charge in [-0.3, -0.25) is 0 Å². The topological polar surface area (TPSA) is 38.2 Å². The molecular formula is C13H21N3OS. The number of nitrogens with zero attached hydrogens (tertiary/aromatic N) is 3. The molecule has 0 aliphatic carbocycles. The third kappa shape index (κ3) is 3.22. The lowest BCUT2D eigenvalue weighted by molar-refractivity contribution is -0.0589. The highest BCUT2D eigenvalue weighted by atomic mass is 32.2. The van der Waals surface area contributed by atoms with Crippen LogP contribution in [0.25, 0.3) is 0 Å². The molecular weight excluding hydrogens is 246 g/mol. The highest BCUT2D eigenvalue weighted by Crippen LogP contribution is 2.36. The summed E-state index contributed by atoms with van der Waals surface area (Å²) >= 11 is 1.63. The van der Waals surface area contributed by atoms with Crippen LogP contribution in [0.1, 0.15) is 20.3 Å². The summed E-state index contributed by atoms with van der Waals surface area (Å²) in [6, 6.07) is 2.38. The van der Waals surface area contributed by atoms with E-state index in [-0.39, 0.29) is 11.5 Å². The quantitative estimate of drug-likeness (QED) is 0.786. The molecule has 0 N–H and O–H groups in total. The molecule has 4 nitrogen and oxygen atoms in total. The van der Waals surface area contributed by atoms with Crippen LogP contribution in [0.2, 0.25) is 0 Å². The van der Waals surface area contributed by atoms with Crippen molar-refractivity contribution in [1.29, 1.82) is 0 Å². The summed E-state index contributed by atoms with van der Waals surface area (Å²) in [5.41, 5.74) is 0.128. The molecule has 0 spiro atoms. The molecule has 2 heterocycles. The molecule has 4 atom stereocenters. The first kappa shape index (κ1) is 13.8. The van der Waals surface area contributed by atoms with Gasteiger partial charge in [-0.25, -0.2) is 9.97 Å². The van der Waals surface area contributed by atoms with Crippen LogP contribution in [0.4, 0.5) is 0 Å². The maximum Gasteiger partial charge on any atom is 0.190 e. The number of aromatic nitrogens is 2. The Bertz CT molecular complexity index is 374. The largest absolute Gasteiger partial charge is 0.364 e. The SMILES string of the molecule is C[C@@H]1CC(N(C)C)[C@@H](C)[C@H](Sc2ncccn2)O1. The standard InChI is InChI=1S/C13H21N3OS/c1-9-8-11(16(3)4)10(2)12(17-9)18-13-14-6-5-7-15-13/h5-7,9-12H,8H2,1-4H3/t9-,10-,11?,12+/m1/s1. The second-order valence-electron chi connectivity index (χ2n) is 5.09. The van der Waals surface area contributed by atoms with E-state index >= 15 is 0 Å². The van der Waals surface area contributed by atoms with Crippen molar-refractivity contribution in [3.63, 3.8) is 0 Å². The van der Waals surface area contributed by atoms with Gasteiger partial charge >= 0.3 is 0 Å². The fourth-order valence-corrected chi connectivity index (χ4v) is 3.50. The molecule has 1 aliphatic heterocycles. The number of hydrogen-bond acceptors (Lipinski definition) is 5. The van der Waals surface area contributed by atoms with Crippen molar-refractivity contribution >= 4 is 11.8 Å². The van der Waals surface area contributed by atoms with Gasteiger partial charge in [0.15, 0.2) is 5.16 Å². The fraction of sp³-hybridized carbons (Fsp3) is 0.692. The van der Waals surface area contributed by atoms with Crippen molar-refractivity contribution in [3.05, 3.63) is 18.5 Å². The molecule has 100 valence electrons. The monoisotopic (exact) mass is 267 g/mol. The zero-order valence-corrected chi connectivity index (χ0v) is 12.2. The lowest BCUT2D eigenvalue weighted by Crippen LogP contribution is -2.47. The number of thioether (sulfide) groups is 1. The number of ether oxygens (including phenoxy) is 1. The molecule has 0 amide bonds. The van der Waals surface area contributed by atoms with Crippen molar-refractivity contribution in [2.24, 2.45) is 5.92 Å². The van der Waals surface area contributed by atoms with Gasteiger partial charge in [-0.1, -0.05) is 18.7 Å². The Labute approximate surface area is 113 Å². The molecule has 0 radical (unpaired) electrons. The van der Waals surface area contributed by atoms with E-state index in [9.17, 15) is 0 Å². The maximum atomic E-state index is 6.04. The van der Waals surface area contributed by atoms with Gasteiger partial charge in [0.05, 0.1) is 6.10 Å². The van der Waals surface area contributed by atoms with Crippen molar-refractivity contribution in [1.82, 2.24) is 14.9 Å². The van der Waals surface area contributed by atoms with Gasteiger partial charge < -0.3 is 9.64 Å². The molecule has 1 unspecified atom stereocenters. The van der Waals surface area contributed by atoms with E-state index in [4.69, 9.17) is 4.74 Å². The Morgan fingerprint density at radius 2 is 1.94 bits per heavy atom. The van der Waals surface area contributed by atoms with Crippen LogP contribution in [-0.4, -0.2) is 46.5 Å². The Morgan fingerprint density at radius 3 is 2.56 bits per heavy atom. The van der Waals surface area contributed by atoms with Gasteiger partial charge in [0, 0.05) is 24.4 Å². The zero-order chi connectivity index (χ0) is 13.1. The highest BCUT2D eigenvalue weighted by Gasteiger charge is 2.36. The predicted octanol–water partition coefficient (Wildman–Crippen LogP) is 2.27. The second kappa shape index (κ2) is 5.99. The van der Waals surface area contributed by atoms with Gasteiger partial charge in [-0.05, 0) is 33.5 Å². The van der Waals surface area contributed by atoms with E-state index in [1.165, 1.54) is 0 Å². The summed E-state index contributed by atoms with van der Waals surface area (Å²) < 4.78 is 6.04. The highest BCUT2D eigenvalue weighted by molar-refractivity contribution is 7.99. The fourth-order valence-electron chi connectivity index (χ4n) is 2.41. The summed E-state index contributed by atoms with van der Waals surface area (Å²) in [5, 5.41) is 0.793. The summed E-state index contributed by atoms with van der Waals surface area (Å²) in [7, 11) is 4.28. The third-order valence-corrected chi connectivity index (χ3v) is 4.60. The minimum atomic E-state index is 0.128. The minimum absolute atomic E-state index is 0.128. The maximum absolute atomic E-state index is 6.04. The number of rotatable bonds is 3. The smallest absolute Gasteiger partial charge is 0.190 e. The van der Waals surface area contributed by atoms with Crippen LogP contribution >= 0.6 is 11.8 Å². The van der Waals surface area contributed by atoms with E-state index in [0.717, 1.165) is 11.6 Å². The first-order valence-electron chi connectivity index (χ1n) is 6.33. The van der Waals surface area contributed by atoms with Gasteiger partial charge in [0.2, 0.25) is 0 Å². The molecule has 1 saturated heterocycles. The van der Waals surface area contributed by atoms with Gasteiger partial charge in [0.1, 0.15) is 5.44 Å². The first-order valence-corrected chi connectivity index (χ1v) is 7.21. The Hall–Kier alpha value is -0.650. The van der Waals surface area contributed by atoms with E-state index in [1.54, 1.807) is 24.2 Å². The molecule has 0 aromatic carbocycles. The van der Waals surface area contributed by atoms with Crippen LogP contribution < -0.4 is 0 Å². The van der Waals surface area contributed by atoms with Crippen molar-refractivity contribution < 1.29 is 4.74 Å². The van der Waals surface area contributed by atoms with Crippen molar-refractivity contribution in [3.8, 4) is 0 Å². The van der Waals surface area contributed by atoms with Crippen LogP contribution in [0, 0.1) is 5.92 Å². The molecule has 1 aliphatic rings. The van der Waals surface area contributed by atoms with Crippen LogP contribution in [0.5, 0.6) is 0 Å². The lowest BCUT2D eigenvalue weighted by Gasteiger charge is -2.41. The molecule has 1 fully saturated rings. The second-order valence-corrected chi connectivity index (χ2v) is 6.16. The summed E-state index contributed by atoms with van der Waals surface area (Å²) in [6.45, 7) is 4.39. The summed E-state index contributed by atoms with van der Waals surface area (Å²) in [4.78, 5) is 10.8. The normalized spacial score (nSPS) is 32.7. The Balaban J connectivity index is 2.07. The van der Waals surface area contributed by atoms with E-state index < -0.39 is 0 Å². The van der Waals surface area contributed by atoms with Gasteiger partial charge in [0.25, 0.3) is 0 Å². The van der Waals surface area contributed by atoms with Crippen LogP contribution in [-0.2, 0) is 4.74 Å². The molecule has 1 aromatic heterocycles. The molecule has 5 heteroatoms. The van der Waals surface area contributed by atoms with Gasteiger partial charge in [-0.2, -0.15) is 0 Å². The predicted molar refractivity (Wildman–Crippen MR) is 73.5 cm³/mol. The molecule has 2 rings (SSSR count). The first-order chi connectivity index (χ1) is 8.58. The van der Waals surface area contributed by atoms with Crippen molar-refractivity contribution in [2.45, 2.75) is 43.0 Å². The zero-order valence-electron chi connectivity index (χ0n) is 11.4. The summed E-state index contributed by atoms with van der Waals surface area (Å²) in [6.07, 6.45) is 4.92. The van der Waals surface area contributed by atoms with Crippen LogP contribution in [0.3, 0.4) is 0 Å². The Morgan fingerprint density at radius 1 is 1.28 bits per heavy atom.